The molecule has 0 saturated heterocycles. The fourth-order valence-corrected chi connectivity index (χ4v) is 4.23. The average molecular weight is 377 g/mol. The Balaban J connectivity index is 1.53. The molecule has 140 valence electrons. The summed E-state index contributed by atoms with van der Waals surface area (Å²) >= 11 is 0. The van der Waals surface area contributed by atoms with Gasteiger partial charge in [0.25, 0.3) is 0 Å². The number of ether oxygens (including phenoxy) is 2. The van der Waals surface area contributed by atoms with Crippen LogP contribution in [0.1, 0.15) is 22.7 Å². The van der Waals surface area contributed by atoms with Gasteiger partial charge in [-0.25, -0.2) is 9.07 Å². The van der Waals surface area contributed by atoms with Crippen LogP contribution in [-0.2, 0) is 12.8 Å². The van der Waals surface area contributed by atoms with Gasteiger partial charge in [0.05, 0.1) is 24.8 Å². The molecular weight excluding hydrogens is 361 g/mol. The first-order chi connectivity index (χ1) is 13.8. The van der Waals surface area contributed by atoms with E-state index in [1.807, 2.05) is 22.7 Å². The fraction of sp³-hybridized carbons (Fsp3) is 0.250. The molecule has 0 unspecified atom stereocenters. The molecule has 8 heteroatoms. The van der Waals surface area contributed by atoms with Crippen molar-refractivity contribution in [2.75, 3.05) is 13.2 Å². The van der Waals surface area contributed by atoms with Crippen LogP contribution in [0.15, 0.2) is 43.0 Å². The maximum Gasteiger partial charge on any atom is 0.187 e. The van der Waals surface area contributed by atoms with Crippen molar-refractivity contribution in [3.8, 4) is 17.2 Å². The quantitative estimate of drug-likeness (QED) is 0.510. The third-order valence-corrected chi connectivity index (χ3v) is 5.53. The number of pyridine rings is 1. The monoisotopic (exact) mass is 377 g/mol. The molecule has 4 aromatic rings. The summed E-state index contributed by atoms with van der Waals surface area (Å²) in [5.74, 6) is 1.32. The number of halogens is 1. The summed E-state index contributed by atoms with van der Waals surface area (Å²) in [5.41, 5.74) is 4.06. The molecule has 0 bridgehead atoms. The smallest absolute Gasteiger partial charge is 0.187 e. The van der Waals surface area contributed by atoms with Crippen molar-refractivity contribution in [1.82, 2.24) is 24.4 Å². The van der Waals surface area contributed by atoms with Gasteiger partial charge < -0.3 is 9.47 Å². The van der Waals surface area contributed by atoms with Crippen LogP contribution in [0.4, 0.5) is 4.39 Å². The molecule has 5 heterocycles. The van der Waals surface area contributed by atoms with Gasteiger partial charge in [0.1, 0.15) is 29.3 Å². The number of rotatable bonds is 1. The van der Waals surface area contributed by atoms with Gasteiger partial charge in [0, 0.05) is 24.0 Å². The summed E-state index contributed by atoms with van der Waals surface area (Å²) in [6.07, 6.45) is 6.39. The second-order valence-corrected chi connectivity index (χ2v) is 7.07. The molecule has 0 aliphatic carbocycles. The highest BCUT2D eigenvalue weighted by atomic mass is 19.1. The number of hydrogen-bond acceptors (Lipinski definition) is 5. The van der Waals surface area contributed by atoms with E-state index in [2.05, 4.69) is 15.3 Å². The lowest BCUT2D eigenvalue weighted by Gasteiger charge is -2.16. The van der Waals surface area contributed by atoms with Crippen LogP contribution in [0.5, 0.6) is 11.5 Å². The highest BCUT2D eigenvalue weighted by Crippen LogP contribution is 2.40. The molecule has 0 N–H and O–H groups in total. The molecule has 1 atom stereocenters. The van der Waals surface area contributed by atoms with E-state index >= 15 is 0 Å². The molecule has 0 amide bonds. The third kappa shape index (κ3) is 2.17. The Bertz CT molecular complexity index is 1200. The second kappa shape index (κ2) is 5.79. The molecule has 0 spiro atoms. The van der Waals surface area contributed by atoms with E-state index in [0.717, 1.165) is 28.4 Å². The van der Waals surface area contributed by atoms with E-state index in [0.29, 0.717) is 37.3 Å². The van der Waals surface area contributed by atoms with Gasteiger partial charge in [-0.15, -0.1) is 10.2 Å². The molecule has 3 aromatic heterocycles. The molecule has 6 rings (SSSR count). The van der Waals surface area contributed by atoms with Gasteiger partial charge in [0.2, 0.25) is 0 Å². The van der Waals surface area contributed by atoms with Crippen molar-refractivity contribution in [3.05, 3.63) is 65.6 Å². The lowest BCUT2D eigenvalue weighted by atomic mass is 9.93. The second-order valence-electron chi connectivity index (χ2n) is 7.07. The molecule has 28 heavy (non-hydrogen) atoms. The highest BCUT2D eigenvalue weighted by Gasteiger charge is 2.31. The Morgan fingerprint density at radius 2 is 2.00 bits per heavy atom. The molecule has 0 fully saturated rings. The minimum atomic E-state index is -0.189. The molecule has 1 aromatic carbocycles. The largest absolute Gasteiger partial charge is 0.493 e. The third-order valence-electron chi connectivity index (χ3n) is 5.53. The van der Waals surface area contributed by atoms with E-state index in [9.17, 15) is 4.39 Å². The Labute approximate surface area is 159 Å². The zero-order chi connectivity index (χ0) is 18.7. The number of aromatic nitrogens is 5. The van der Waals surface area contributed by atoms with E-state index in [1.54, 1.807) is 23.3 Å². The molecular formula is C20H16FN5O2. The maximum absolute atomic E-state index is 14.6. The van der Waals surface area contributed by atoms with Gasteiger partial charge in [0.15, 0.2) is 5.65 Å². The Hall–Kier alpha value is -3.42. The van der Waals surface area contributed by atoms with Gasteiger partial charge in [-0.2, -0.15) is 5.10 Å². The van der Waals surface area contributed by atoms with Crippen LogP contribution in [-0.4, -0.2) is 37.6 Å². The maximum atomic E-state index is 14.6. The molecule has 2 aliphatic rings. The van der Waals surface area contributed by atoms with Crippen molar-refractivity contribution in [2.45, 2.75) is 18.8 Å². The van der Waals surface area contributed by atoms with E-state index in [-0.39, 0.29) is 11.7 Å². The molecule has 2 aliphatic heterocycles. The number of hydrogen-bond donors (Lipinski definition) is 0. The average Bonchev–Trinajstić information content (AvgIpc) is 3.45. The summed E-state index contributed by atoms with van der Waals surface area (Å²) in [5, 5.41) is 12.7. The van der Waals surface area contributed by atoms with Crippen LogP contribution in [0.3, 0.4) is 0 Å². The van der Waals surface area contributed by atoms with E-state index in [4.69, 9.17) is 9.47 Å². The van der Waals surface area contributed by atoms with Crippen LogP contribution >= 0.6 is 0 Å². The predicted octanol–water partition coefficient (Wildman–Crippen LogP) is 2.71. The van der Waals surface area contributed by atoms with Crippen LogP contribution in [0.2, 0.25) is 0 Å². The van der Waals surface area contributed by atoms with E-state index < -0.39 is 0 Å². The first kappa shape index (κ1) is 15.6. The van der Waals surface area contributed by atoms with Crippen molar-refractivity contribution < 1.29 is 13.9 Å². The molecule has 0 saturated carbocycles. The lowest BCUT2D eigenvalue weighted by Crippen LogP contribution is -2.13. The summed E-state index contributed by atoms with van der Waals surface area (Å²) in [6.45, 7) is 0.921. The van der Waals surface area contributed by atoms with Crippen molar-refractivity contribution in [2.24, 2.45) is 0 Å². The summed E-state index contributed by atoms with van der Waals surface area (Å²) in [6, 6.07) is 7.00. The van der Waals surface area contributed by atoms with Crippen LogP contribution in [0.25, 0.3) is 11.3 Å². The standard InChI is InChI=1S/C20H16FN5O2/c21-14-3-5-17-19-12(9-27-17)10-28-18-8-16(26-7-1-6-23-26)20-24-22-11-25(20)15(18)4-2-13(14)19/h1,3,5-8,11-12H,2,4,9-10H2/t12-/m1/s1. The van der Waals surface area contributed by atoms with Crippen molar-refractivity contribution >= 4 is 5.65 Å². The summed E-state index contributed by atoms with van der Waals surface area (Å²) in [7, 11) is 0. The zero-order valence-corrected chi connectivity index (χ0v) is 14.9. The van der Waals surface area contributed by atoms with Crippen LogP contribution < -0.4 is 9.47 Å². The van der Waals surface area contributed by atoms with Crippen LogP contribution in [0, 0.1) is 5.82 Å². The highest BCUT2D eigenvalue weighted by molar-refractivity contribution is 5.62. The number of fused-ring (bicyclic) bond motifs is 3. The van der Waals surface area contributed by atoms with Gasteiger partial charge >= 0.3 is 0 Å². The molecule has 0 radical (unpaired) electrons. The Morgan fingerprint density at radius 3 is 2.86 bits per heavy atom. The van der Waals surface area contributed by atoms with Gasteiger partial charge in [-0.05, 0) is 36.6 Å². The van der Waals surface area contributed by atoms with Gasteiger partial charge in [-0.1, -0.05) is 0 Å². The minimum Gasteiger partial charge on any atom is -0.493 e. The summed E-state index contributed by atoms with van der Waals surface area (Å²) in [4.78, 5) is 0. The lowest BCUT2D eigenvalue weighted by molar-refractivity contribution is 0.246. The number of benzene rings is 1. The van der Waals surface area contributed by atoms with E-state index in [1.165, 1.54) is 6.07 Å². The number of nitrogens with zero attached hydrogens (tertiary/aromatic N) is 5. The number of aryl methyl sites for hydroxylation is 1. The first-order valence-electron chi connectivity index (χ1n) is 9.22. The SMILES string of the molecule is Fc1ccc2c3c1CCc1c(cc(-n4cccn4)c4nncn14)OC[C@H]3CO2. The van der Waals surface area contributed by atoms with Crippen molar-refractivity contribution in [1.29, 1.82) is 0 Å². The molecule has 7 nitrogen and oxygen atoms in total. The Kier molecular flexibility index (Phi) is 3.23. The topological polar surface area (TPSA) is 66.5 Å². The Morgan fingerprint density at radius 1 is 1.11 bits per heavy atom. The van der Waals surface area contributed by atoms with Gasteiger partial charge in [-0.3, -0.25) is 4.40 Å². The first-order valence-corrected chi connectivity index (χ1v) is 9.22. The fourth-order valence-electron chi connectivity index (χ4n) is 4.23. The normalized spacial score (nSPS) is 17.8. The minimum absolute atomic E-state index is 0.0106. The van der Waals surface area contributed by atoms with Crippen molar-refractivity contribution in [3.63, 3.8) is 0 Å². The summed E-state index contributed by atoms with van der Waals surface area (Å²) < 4.78 is 30.3. The predicted molar refractivity (Wildman–Crippen MR) is 97.6 cm³/mol. The zero-order valence-electron chi connectivity index (χ0n) is 14.9.